The van der Waals surface area contributed by atoms with E-state index in [1.807, 2.05) is 30.3 Å². The second kappa shape index (κ2) is 8.33. The normalized spacial score (nSPS) is 17.9. The van der Waals surface area contributed by atoms with E-state index in [2.05, 4.69) is 10.1 Å². The number of carbonyl (C=O) groups excluding carboxylic acids is 3. The molecule has 0 aliphatic carbocycles. The second-order valence-corrected chi connectivity index (χ2v) is 5.65. The van der Waals surface area contributed by atoms with Gasteiger partial charge in [-0.3, -0.25) is 9.69 Å². The number of hydrogen-bond acceptors (Lipinski definition) is 5. The van der Waals surface area contributed by atoms with E-state index in [0.29, 0.717) is 19.4 Å². The van der Waals surface area contributed by atoms with E-state index in [4.69, 9.17) is 4.74 Å². The number of nitrogens with zero attached hydrogens (tertiary/aromatic N) is 1. The number of benzene rings is 1. The van der Waals surface area contributed by atoms with E-state index in [1.165, 1.54) is 18.9 Å². The van der Waals surface area contributed by atoms with E-state index < -0.39 is 24.1 Å². The molecule has 1 aliphatic heterocycles. The fraction of sp³-hybridized carbons (Fsp3) is 0.471. The van der Waals surface area contributed by atoms with Crippen molar-refractivity contribution in [2.45, 2.75) is 38.5 Å². The zero-order valence-electron chi connectivity index (χ0n) is 13.9. The Morgan fingerprint density at radius 3 is 2.67 bits per heavy atom. The van der Waals surface area contributed by atoms with Crippen molar-refractivity contribution < 1.29 is 23.9 Å². The highest BCUT2D eigenvalue weighted by molar-refractivity contribution is 5.89. The van der Waals surface area contributed by atoms with Crippen molar-refractivity contribution in [2.24, 2.45) is 0 Å². The van der Waals surface area contributed by atoms with Crippen LogP contribution in [0.4, 0.5) is 4.79 Å². The molecule has 130 valence electrons. The van der Waals surface area contributed by atoms with Gasteiger partial charge >= 0.3 is 12.1 Å². The third kappa shape index (κ3) is 4.47. The summed E-state index contributed by atoms with van der Waals surface area (Å²) in [4.78, 5) is 37.3. The Morgan fingerprint density at radius 1 is 1.29 bits per heavy atom. The summed E-state index contributed by atoms with van der Waals surface area (Å²) in [6.07, 6.45) is 0.730. The summed E-state index contributed by atoms with van der Waals surface area (Å²) in [5.74, 6) is -0.901. The highest BCUT2D eigenvalue weighted by Crippen LogP contribution is 2.19. The van der Waals surface area contributed by atoms with Crippen LogP contribution < -0.4 is 5.32 Å². The van der Waals surface area contributed by atoms with Crippen LogP contribution in [0.25, 0.3) is 0 Å². The lowest BCUT2D eigenvalue weighted by molar-refractivity contribution is -0.145. The second-order valence-electron chi connectivity index (χ2n) is 5.65. The summed E-state index contributed by atoms with van der Waals surface area (Å²) in [5, 5.41) is 2.57. The van der Waals surface area contributed by atoms with Crippen molar-refractivity contribution in [2.75, 3.05) is 13.7 Å². The molecule has 1 heterocycles. The van der Waals surface area contributed by atoms with Crippen molar-refractivity contribution in [3.05, 3.63) is 35.9 Å². The molecule has 1 aromatic carbocycles. The summed E-state index contributed by atoms with van der Waals surface area (Å²) >= 11 is 0. The van der Waals surface area contributed by atoms with Crippen LogP contribution in [-0.4, -0.2) is 48.6 Å². The van der Waals surface area contributed by atoms with Gasteiger partial charge in [0.05, 0.1) is 7.11 Å². The molecule has 2 rings (SSSR count). The van der Waals surface area contributed by atoms with Crippen LogP contribution in [0.1, 0.15) is 25.3 Å². The Bertz CT molecular complexity index is 590. The van der Waals surface area contributed by atoms with E-state index in [-0.39, 0.29) is 12.5 Å². The molecule has 0 unspecified atom stereocenters. The molecule has 7 nitrogen and oxygen atoms in total. The number of amides is 2. The number of rotatable bonds is 5. The minimum atomic E-state index is -0.759. The average molecular weight is 334 g/mol. The number of hydrogen-bond donors (Lipinski definition) is 1. The topological polar surface area (TPSA) is 84.9 Å². The van der Waals surface area contributed by atoms with E-state index in [9.17, 15) is 14.4 Å². The molecule has 0 saturated carbocycles. The zero-order valence-corrected chi connectivity index (χ0v) is 13.9. The van der Waals surface area contributed by atoms with Gasteiger partial charge in [-0.05, 0) is 25.3 Å². The molecule has 0 bridgehead atoms. The van der Waals surface area contributed by atoms with Gasteiger partial charge in [0.1, 0.15) is 18.7 Å². The SMILES string of the molecule is COC(=O)[C@H](C)NC(=O)[C@H]1CCCN1C(=O)OCc1ccccc1. The third-order valence-corrected chi connectivity index (χ3v) is 3.91. The van der Waals surface area contributed by atoms with Crippen molar-refractivity contribution in [3.63, 3.8) is 0 Å². The number of esters is 1. The van der Waals surface area contributed by atoms with Crippen molar-refractivity contribution in [3.8, 4) is 0 Å². The highest BCUT2D eigenvalue weighted by Gasteiger charge is 2.36. The first-order chi connectivity index (χ1) is 11.5. The van der Waals surface area contributed by atoms with Crippen molar-refractivity contribution in [1.82, 2.24) is 10.2 Å². The molecule has 0 spiro atoms. The lowest BCUT2D eigenvalue weighted by Crippen LogP contribution is -2.50. The van der Waals surface area contributed by atoms with Crippen LogP contribution in [-0.2, 0) is 25.7 Å². The maximum atomic E-state index is 12.3. The van der Waals surface area contributed by atoms with Gasteiger partial charge < -0.3 is 14.8 Å². The Balaban J connectivity index is 1.90. The number of methoxy groups -OCH3 is 1. The molecule has 0 radical (unpaired) electrons. The van der Waals surface area contributed by atoms with Crippen LogP contribution in [0.2, 0.25) is 0 Å². The first-order valence-corrected chi connectivity index (χ1v) is 7.88. The molecular formula is C17H22N2O5. The van der Waals surface area contributed by atoms with E-state index >= 15 is 0 Å². The van der Waals surface area contributed by atoms with E-state index in [1.54, 1.807) is 0 Å². The molecule has 1 aliphatic rings. The molecule has 1 aromatic rings. The van der Waals surface area contributed by atoms with Crippen molar-refractivity contribution >= 4 is 18.0 Å². The summed E-state index contributed by atoms with van der Waals surface area (Å²) in [5.41, 5.74) is 0.880. The maximum Gasteiger partial charge on any atom is 0.410 e. The molecule has 7 heteroatoms. The fourth-order valence-electron chi connectivity index (χ4n) is 2.61. The molecule has 24 heavy (non-hydrogen) atoms. The lowest BCUT2D eigenvalue weighted by Gasteiger charge is -2.24. The lowest BCUT2D eigenvalue weighted by atomic mass is 10.2. The van der Waals surface area contributed by atoms with E-state index in [0.717, 1.165) is 5.56 Å². The minimum Gasteiger partial charge on any atom is -0.467 e. The summed E-state index contributed by atoms with van der Waals surface area (Å²) in [6.45, 7) is 2.15. The first-order valence-electron chi connectivity index (χ1n) is 7.88. The summed E-state index contributed by atoms with van der Waals surface area (Å²) in [7, 11) is 1.26. The van der Waals surface area contributed by atoms with Gasteiger partial charge in [0, 0.05) is 6.54 Å². The van der Waals surface area contributed by atoms with Crippen LogP contribution in [0.3, 0.4) is 0 Å². The highest BCUT2D eigenvalue weighted by atomic mass is 16.6. The number of carbonyl (C=O) groups is 3. The van der Waals surface area contributed by atoms with Gasteiger partial charge in [-0.25, -0.2) is 9.59 Å². The van der Waals surface area contributed by atoms with Gasteiger partial charge in [-0.15, -0.1) is 0 Å². The standard InChI is InChI=1S/C17H22N2O5/c1-12(16(21)23-2)18-15(20)14-9-6-10-19(14)17(22)24-11-13-7-4-3-5-8-13/h3-5,7-8,12,14H,6,9-11H2,1-2H3,(H,18,20)/t12-,14+/m0/s1. The maximum absolute atomic E-state index is 12.3. The number of ether oxygens (including phenoxy) is 2. The van der Waals surface area contributed by atoms with Gasteiger partial charge in [0.25, 0.3) is 0 Å². The smallest absolute Gasteiger partial charge is 0.410 e. The van der Waals surface area contributed by atoms with Crippen LogP contribution in [0, 0.1) is 0 Å². The Labute approximate surface area is 140 Å². The average Bonchev–Trinajstić information content (AvgIpc) is 3.09. The molecule has 2 amide bonds. The summed E-state index contributed by atoms with van der Waals surface area (Å²) in [6, 6.07) is 7.95. The van der Waals surface area contributed by atoms with Crippen LogP contribution >= 0.6 is 0 Å². The molecule has 0 aromatic heterocycles. The van der Waals surface area contributed by atoms with Crippen molar-refractivity contribution in [1.29, 1.82) is 0 Å². The van der Waals surface area contributed by atoms with Crippen LogP contribution in [0.15, 0.2) is 30.3 Å². The van der Waals surface area contributed by atoms with Crippen LogP contribution in [0.5, 0.6) is 0 Å². The zero-order chi connectivity index (χ0) is 17.5. The number of nitrogens with one attached hydrogen (secondary N) is 1. The quantitative estimate of drug-likeness (QED) is 0.824. The third-order valence-electron chi connectivity index (χ3n) is 3.91. The molecule has 1 saturated heterocycles. The Morgan fingerprint density at radius 2 is 2.00 bits per heavy atom. The molecule has 2 atom stereocenters. The van der Waals surface area contributed by atoms with Gasteiger partial charge in [0.2, 0.25) is 5.91 Å². The minimum absolute atomic E-state index is 0.156. The fourth-order valence-corrected chi connectivity index (χ4v) is 2.61. The largest absolute Gasteiger partial charge is 0.467 e. The number of likely N-dealkylation sites (tertiary alicyclic amines) is 1. The molecular weight excluding hydrogens is 312 g/mol. The first kappa shape index (κ1) is 17.8. The van der Waals surface area contributed by atoms with Gasteiger partial charge in [-0.1, -0.05) is 30.3 Å². The van der Waals surface area contributed by atoms with Gasteiger partial charge in [0.15, 0.2) is 0 Å². The summed E-state index contributed by atoms with van der Waals surface area (Å²) < 4.78 is 9.86. The Hall–Kier alpha value is -2.57. The molecule has 1 N–H and O–H groups in total. The predicted molar refractivity (Wildman–Crippen MR) is 86.0 cm³/mol. The Kier molecular flexibility index (Phi) is 6.17. The monoisotopic (exact) mass is 334 g/mol. The molecule has 1 fully saturated rings. The van der Waals surface area contributed by atoms with Gasteiger partial charge in [-0.2, -0.15) is 0 Å². The predicted octanol–water partition coefficient (Wildman–Crippen LogP) is 1.47.